The Morgan fingerprint density at radius 2 is 1.37 bits per heavy atom. The highest BCUT2D eigenvalue weighted by Gasteiger charge is 2.11. The van der Waals surface area contributed by atoms with E-state index in [1.54, 1.807) is 4.57 Å². The van der Waals surface area contributed by atoms with Crippen LogP contribution in [0.25, 0.3) is 21.7 Å². The molecule has 2 aromatic carbocycles. The van der Waals surface area contributed by atoms with E-state index in [0.29, 0.717) is 18.6 Å². The third kappa shape index (κ3) is 5.32. The number of aromatic nitrogens is 1. The number of ether oxygens (including phenoxy) is 2. The number of rotatable bonds is 12. The van der Waals surface area contributed by atoms with Crippen LogP contribution >= 0.6 is 0 Å². The number of aryl methyl sites for hydroxylation is 1. The number of nitrogens with zero attached hydrogens (tertiary/aromatic N) is 1. The molecular formula is C24H33N3O3. The van der Waals surface area contributed by atoms with Gasteiger partial charge in [-0.15, -0.1) is 0 Å². The van der Waals surface area contributed by atoms with Crippen molar-refractivity contribution in [1.29, 1.82) is 0 Å². The molecule has 2 N–H and O–H groups in total. The fraction of sp³-hybridized carbons (Fsp3) is 0.458. The lowest BCUT2D eigenvalue weighted by atomic mass is 10.1. The predicted octanol–water partition coefficient (Wildman–Crippen LogP) is 3.45. The van der Waals surface area contributed by atoms with Crippen LogP contribution in [-0.4, -0.2) is 44.0 Å². The van der Waals surface area contributed by atoms with E-state index in [9.17, 15) is 4.79 Å². The Morgan fingerprint density at radius 1 is 0.800 bits per heavy atom. The summed E-state index contributed by atoms with van der Waals surface area (Å²) in [4.78, 5) is 13.0. The van der Waals surface area contributed by atoms with Gasteiger partial charge < -0.3 is 24.7 Å². The molecule has 1 aromatic heterocycles. The highest BCUT2D eigenvalue weighted by Crippen LogP contribution is 2.28. The van der Waals surface area contributed by atoms with Gasteiger partial charge >= 0.3 is 0 Å². The molecule has 3 aromatic rings. The van der Waals surface area contributed by atoms with E-state index in [2.05, 4.69) is 24.5 Å². The Balaban J connectivity index is 1.81. The van der Waals surface area contributed by atoms with Crippen molar-refractivity contribution in [3.05, 3.63) is 46.8 Å². The molecule has 0 fully saturated rings. The Labute approximate surface area is 178 Å². The number of hydrogen-bond acceptors (Lipinski definition) is 5. The molecular weight excluding hydrogens is 378 g/mol. The summed E-state index contributed by atoms with van der Waals surface area (Å²) in [5.74, 6) is 1.52. The first-order valence-corrected chi connectivity index (χ1v) is 10.9. The standard InChI is InChI=1S/C24H33N3O3/c1-4-25-12-6-14-29-18-8-10-20-21-11-9-19(30-15-7-13-26-5-2)17-23(21)27(3)24(28)22(20)16-18/h8-11,16-17,25-26H,4-7,12-15H2,1-3H3. The molecule has 0 saturated carbocycles. The molecule has 162 valence electrons. The second kappa shape index (κ2) is 11.0. The largest absolute Gasteiger partial charge is 0.494 e. The molecule has 3 rings (SSSR count). The fourth-order valence-corrected chi connectivity index (χ4v) is 3.55. The number of benzene rings is 2. The van der Waals surface area contributed by atoms with E-state index < -0.39 is 0 Å². The van der Waals surface area contributed by atoms with Gasteiger partial charge in [0.05, 0.1) is 24.1 Å². The first kappa shape index (κ1) is 22.1. The third-order valence-corrected chi connectivity index (χ3v) is 5.18. The molecule has 0 saturated heterocycles. The topological polar surface area (TPSA) is 64.5 Å². The maximum Gasteiger partial charge on any atom is 0.258 e. The number of fused-ring (bicyclic) bond motifs is 3. The Morgan fingerprint density at radius 3 is 1.97 bits per heavy atom. The lowest BCUT2D eigenvalue weighted by molar-refractivity contribution is 0.309. The van der Waals surface area contributed by atoms with Crippen LogP contribution in [-0.2, 0) is 7.05 Å². The summed E-state index contributed by atoms with van der Waals surface area (Å²) in [6.07, 6.45) is 1.87. The third-order valence-electron chi connectivity index (χ3n) is 5.18. The van der Waals surface area contributed by atoms with Crippen LogP contribution in [0.15, 0.2) is 41.2 Å². The van der Waals surface area contributed by atoms with Crippen LogP contribution in [0, 0.1) is 0 Å². The molecule has 0 aliphatic heterocycles. The van der Waals surface area contributed by atoms with Crippen molar-refractivity contribution in [2.45, 2.75) is 26.7 Å². The van der Waals surface area contributed by atoms with Crippen molar-refractivity contribution in [2.24, 2.45) is 7.05 Å². The van der Waals surface area contributed by atoms with E-state index in [4.69, 9.17) is 9.47 Å². The second-order valence-electron chi connectivity index (χ2n) is 7.36. The first-order chi connectivity index (χ1) is 14.7. The van der Waals surface area contributed by atoms with Gasteiger partial charge in [-0.3, -0.25) is 4.79 Å². The molecule has 0 aliphatic carbocycles. The fourth-order valence-electron chi connectivity index (χ4n) is 3.55. The van der Waals surface area contributed by atoms with E-state index in [-0.39, 0.29) is 5.56 Å². The van der Waals surface area contributed by atoms with E-state index in [1.807, 2.05) is 43.4 Å². The summed E-state index contributed by atoms with van der Waals surface area (Å²) in [6.45, 7) is 9.24. The summed E-state index contributed by atoms with van der Waals surface area (Å²) in [5.41, 5.74) is 0.843. The van der Waals surface area contributed by atoms with Crippen LogP contribution in [0.2, 0.25) is 0 Å². The summed E-state index contributed by atoms with van der Waals surface area (Å²) in [6, 6.07) is 11.7. The molecule has 1 heterocycles. The molecule has 30 heavy (non-hydrogen) atoms. The average molecular weight is 412 g/mol. The van der Waals surface area contributed by atoms with Crippen molar-refractivity contribution in [3.63, 3.8) is 0 Å². The summed E-state index contributed by atoms with van der Waals surface area (Å²) in [7, 11) is 1.81. The van der Waals surface area contributed by atoms with Gasteiger partial charge in [0, 0.05) is 18.5 Å². The van der Waals surface area contributed by atoms with Crippen LogP contribution in [0.4, 0.5) is 0 Å². The van der Waals surface area contributed by atoms with Crippen LogP contribution < -0.4 is 25.7 Å². The first-order valence-electron chi connectivity index (χ1n) is 10.9. The molecule has 0 aliphatic rings. The smallest absolute Gasteiger partial charge is 0.258 e. The van der Waals surface area contributed by atoms with Gasteiger partial charge in [-0.25, -0.2) is 0 Å². The van der Waals surface area contributed by atoms with Crippen LogP contribution in [0.1, 0.15) is 26.7 Å². The Hall–Kier alpha value is -2.57. The van der Waals surface area contributed by atoms with Crippen LogP contribution in [0.5, 0.6) is 11.5 Å². The highest BCUT2D eigenvalue weighted by atomic mass is 16.5. The van der Waals surface area contributed by atoms with Gasteiger partial charge in [0.2, 0.25) is 0 Å². The normalized spacial score (nSPS) is 11.3. The minimum atomic E-state index is -0.0279. The molecule has 0 radical (unpaired) electrons. The van der Waals surface area contributed by atoms with Crippen molar-refractivity contribution in [3.8, 4) is 11.5 Å². The van der Waals surface area contributed by atoms with E-state index in [1.165, 1.54) is 0 Å². The van der Waals surface area contributed by atoms with E-state index >= 15 is 0 Å². The Bertz CT molecular complexity index is 1030. The van der Waals surface area contributed by atoms with Gasteiger partial charge in [0.15, 0.2) is 0 Å². The molecule has 0 unspecified atom stereocenters. The minimum Gasteiger partial charge on any atom is -0.494 e. The lowest BCUT2D eigenvalue weighted by Gasteiger charge is -2.13. The van der Waals surface area contributed by atoms with E-state index in [0.717, 1.165) is 66.8 Å². The number of pyridine rings is 1. The minimum absolute atomic E-state index is 0.0279. The SMILES string of the molecule is CCNCCCOc1ccc2c(c1)c(=O)n(C)c1cc(OCCCNCC)ccc21. The lowest BCUT2D eigenvalue weighted by Crippen LogP contribution is -2.18. The van der Waals surface area contributed by atoms with Gasteiger partial charge in [-0.1, -0.05) is 13.8 Å². The number of nitrogens with one attached hydrogen (secondary N) is 2. The summed E-state index contributed by atoms with van der Waals surface area (Å²) < 4.78 is 13.4. The average Bonchev–Trinajstić information content (AvgIpc) is 2.77. The zero-order valence-corrected chi connectivity index (χ0v) is 18.3. The van der Waals surface area contributed by atoms with Crippen LogP contribution in [0.3, 0.4) is 0 Å². The van der Waals surface area contributed by atoms with Crippen molar-refractivity contribution < 1.29 is 9.47 Å². The van der Waals surface area contributed by atoms with Gasteiger partial charge in [0.25, 0.3) is 5.56 Å². The molecule has 6 heteroatoms. The quantitative estimate of drug-likeness (QED) is 0.353. The van der Waals surface area contributed by atoms with Gasteiger partial charge in [0.1, 0.15) is 11.5 Å². The van der Waals surface area contributed by atoms with Crippen molar-refractivity contribution in [2.75, 3.05) is 39.4 Å². The summed E-state index contributed by atoms with van der Waals surface area (Å²) >= 11 is 0. The zero-order valence-electron chi connectivity index (χ0n) is 18.3. The molecule has 0 atom stereocenters. The van der Waals surface area contributed by atoms with Crippen molar-refractivity contribution in [1.82, 2.24) is 15.2 Å². The van der Waals surface area contributed by atoms with Crippen molar-refractivity contribution >= 4 is 21.7 Å². The Kier molecular flexibility index (Phi) is 8.11. The number of hydrogen-bond donors (Lipinski definition) is 2. The monoisotopic (exact) mass is 411 g/mol. The molecule has 0 bridgehead atoms. The maximum atomic E-state index is 13.0. The second-order valence-corrected chi connectivity index (χ2v) is 7.36. The van der Waals surface area contributed by atoms with Gasteiger partial charge in [-0.05, 0) is 74.7 Å². The molecule has 0 spiro atoms. The molecule has 6 nitrogen and oxygen atoms in total. The summed E-state index contributed by atoms with van der Waals surface area (Å²) in [5, 5.41) is 9.21. The van der Waals surface area contributed by atoms with Gasteiger partial charge in [-0.2, -0.15) is 0 Å². The maximum absolute atomic E-state index is 13.0. The predicted molar refractivity (Wildman–Crippen MR) is 124 cm³/mol. The highest BCUT2D eigenvalue weighted by molar-refractivity contribution is 6.06. The zero-order chi connectivity index (χ0) is 21.3. The molecule has 0 amide bonds.